The Labute approximate surface area is 452 Å². The van der Waals surface area contributed by atoms with E-state index in [1.165, 1.54) is 26.0 Å². The first-order valence-electron chi connectivity index (χ1n) is 26.4. The van der Waals surface area contributed by atoms with E-state index in [0.29, 0.717) is 0 Å². The summed E-state index contributed by atoms with van der Waals surface area (Å²) in [6.45, 7) is 11.9. The van der Waals surface area contributed by atoms with E-state index in [1.54, 1.807) is 90.1 Å². The van der Waals surface area contributed by atoms with Crippen LogP contribution in [0.5, 0.6) is 0 Å². The number of hydrogen-bond acceptors (Lipinski definition) is 16. The molecule has 78 heavy (non-hydrogen) atoms. The maximum Gasteiger partial charge on any atom is 0.408 e. The van der Waals surface area contributed by atoms with Crippen LogP contribution in [-0.2, 0) is 47.5 Å². The Kier molecular flexibility index (Phi) is 15.3. The van der Waals surface area contributed by atoms with Crippen molar-refractivity contribution in [2.45, 2.75) is 134 Å². The number of benzene rings is 4. The highest BCUT2D eigenvalue weighted by Crippen LogP contribution is 2.64. The van der Waals surface area contributed by atoms with E-state index in [1.807, 2.05) is 48.5 Å². The molecule has 2 saturated carbocycles. The molecule has 9 rings (SSSR count). The average molecular weight is 1070 g/mol. The molecule has 0 spiro atoms. The number of carbonyl (C=O) groups excluding carboxylic acids is 6. The van der Waals surface area contributed by atoms with Crippen LogP contribution in [0.15, 0.2) is 120 Å². The van der Waals surface area contributed by atoms with Gasteiger partial charge in [0.1, 0.15) is 54.3 Å². The Morgan fingerprint density at radius 2 is 1.42 bits per heavy atom. The Morgan fingerprint density at radius 1 is 0.821 bits per heavy atom. The molecule has 5 aliphatic rings. The molecule has 1 saturated heterocycles. The number of hydrogen-bond donors (Lipinski definition) is 5. The van der Waals surface area contributed by atoms with Gasteiger partial charge in [0, 0.05) is 36.7 Å². The summed E-state index contributed by atoms with van der Waals surface area (Å²) in [6.07, 6.45) is -12.3. The van der Waals surface area contributed by atoms with Gasteiger partial charge in [0.05, 0.1) is 29.8 Å². The fraction of sp³-hybridized carbons (Fsp3) is 0.467. The lowest BCUT2D eigenvalue weighted by molar-refractivity contribution is -0.356. The summed E-state index contributed by atoms with van der Waals surface area (Å²) in [6, 6.07) is 30.1. The number of esters is 3. The normalized spacial score (nSPS) is 28.5. The number of fused-ring (bicyclic) bond motifs is 8. The Morgan fingerprint density at radius 3 is 2.01 bits per heavy atom. The summed E-state index contributed by atoms with van der Waals surface area (Å²) in [5.41, 5.74) is -4.02. The molecule has 4 aromatic carbocycles. The molecule has 1 aliphatic heterocycles. The number of aliphatic hydroxyl groups is 3. The average Bonchev–Trinajstić information content (AvgIpc) is 3.60. The van der Waals surface area contributed by atoms with E-state index in [-0.39, 0.29) is 54.4 Å². The van der Waals surface area contributed by atoms with Crippen molar-refractivity contribution in [3.8, 4) is 11.1 Å². The zero-order valence-electron chi connectivity index (χ0n) is 45.0. The van der Waals surface area contributed by atoms with Gasteiger partial charge in [-0.2, -0.15) is 0 Å². The predicted octanol–water partition coefficient (Wildman–Crippen LogP) is 6.82. The number of rotatable bonds is 14. The highest BCUT2D eigenvalue weighted by molar-refractivity contribution is 5.94. The smallest absolute Gasteiger partial charge is 0.408 e. The first kappa shape index (κ1) is 55.8. The Bertz CT molecular complexity index is 2950. The summed E-state index contributed by atoms with van der Waals surface area (Å²) < 4.78 is 42.6. The quantitative estimate of drug-likeness (QED) is 0.0493. The number of aliphatic hydroxyl groups excluding tert-OH is 2. The van der Waals surface area contributed by atoms with Crippen molar-refractivity contribution in [1.29, 1.82) is 0 Å². The maximum absolute atomic E-state index is 15.3. The topological polar surface area (TPSA) is 252 Å². The molecule has 5 N–H and O–H groups in total. The lowest BCUT2D eigenvalue weighted by atomic mass is 9.44. The maximum atomic E-state index is 15.3. The third-order valence-corrected chi connectivity index (χ3v) is 16.6. The second-order valence-electron chi connectivity index (χ2n) is 22.6. The van der Waals surface area contributed by atoms with Crippen molar-refractivity contribution in [3.63, 3.8) is 0 Å². The highest BCUT2D eigenvalue weighted by atomic mass is 16.6. The number of ether oxygens (including phenoxy) is 7. The molecule has 3 fully saturated rings. The van der Waals surface area contributed by atoms with Crippen LogP contribution >= 0.6 is 0 Å². The van der Waals surface area contributed by atoms with Gasteiger partial charge in [0.25, 0.3) is 0 Å². The minimum atomic E-state index is -2.36. The Hall–Kier alpha value is -6.96. The minimum absolute atomic E-state index is 0.0622. The third-order valence-electron chi connectivity index (χ3n) is 16.6. The van der Waals surface area contributed by atoms with Crippen LogP contribution in [-0.4, -0.2) is 131 Å². The van der Waals surface area contributed by atoms with E-state index in [2.05, 4.69) is 10.6 Å². The molecule has 414 valence electrons. The molecular weight excluding hydrogens is 1000 g/mol. The standard InChI is InChI=1S/C60H68N2O16/c1-9-74-59-32-73-43(59)28-42(63)58(8)49(59)51(77-52(67)35-22-14-11-15-23-35)60(71)29-41(33(2)45(57(60,6)7)47(65)50(58)66)75-53(68)48(46(34-20-12-10-13-21-34)62-55(70)78-56(3,4)5)76-44(64)30-61-54(69)72-31-40-38-26-18-16-24-36(38)37-25-17-19-27-39(37)40/h10-27,40-43,46-49,51,63,65,71H,9,28-32H2,1-8H3,(H,61,69)(H,62,70)/t41-,42-,43+,46-,47+,48+,49?,51?,58+,59-,60+/m0/s1. The monoisotopic (exact) mass is 1070 g/mol. The molecule has 2 bridgehead atoms. The van der Waals surface area contributed by atoms with Gasteiger partial charge >= 0.3 is 30.1 Å². The molecule has 0 aromatic heterocycles. The number of Topliss-reactive ketones (excluding diaryl/α,β-unsaturated/α-hetero) is 1. The number of alkyl carbamates (subject to hydrolysis) is 2. The lowest BCUT2D eigenvalue weighted by Gasteiger charge is -2.68. The van der Waals surface area contributed by atoms with Crippen molar-refractivity contribution >= 4 is 35.9 Å². The van der Waals surface area contributed by atoms with Gasteiger partial charge in [-0.1, -0.05) is 111 Å². The van der Waals surface area contributed by atoms with E-state index in [9.17, 15) is 34.5 Å². The fourth-order valence-corrected chi connectivity index (χ4v) is 12.7. The van der Waals surface area contributed by atoms with Crippen LogP contribution in [0.25, 0.3) is 11.1 Å². The van der Waals surface area contributed by atoms with E-state index in [4.69, 9.17) is 33.2 Å². The number of carbonyl (C=O) groups is 6. The van der Waals surface area contributed by atoms with Gasteiger partial charge in [-0.25, -0.2) is 19.2 Å². The van der Waals surface area contributed by atoms with Gasteiger partial charge in [-0.3, -0.25) is 9.59 Å². The molecule has 2 amide bonds. The number of ketones is 1. The fourth-order valence-electron chi connectivity index (χ4n) is 12.7. The van der Waals surface area contributed by atoms with E-state index in [0.717, 1.165) is 22.3 Å². The number of nitrogens with one attached hydrogen (secondary N) is 2. The summed E-state index contributed by atoms with van der Waals surface area (Å²) in [5, 5.41) is 43.5. The summed E-state index contributed by atoms with van der Waals surface area (Å²) in [5.74, 6) is -5.82. The van der Waals surface area contributed by atoms with Crippen molar-refractivity contribution < 1.29 is 77.2 Å². The zero-order valence-corrected chi connectivity index (χ0v) is 45.0. The first-order valence-corrected chi connectivity index (χ1v) is 26.4. The predicted molar refractivity (Wildman–Crippen MR) is 280 cm³/mol. The summed E-state index contributed by atoms with van der Waals surface area (Å²) in [4.78, 5) is 86.1. The second-order valence-corrected chi connectivity index (χ2v) is 22.6. The van der Waals surface area contributed by atoms with Crippen molar-refractivity contribution in [1.82, 2.24) is 10.6 Å². The second kappa shape index (κ2) is 21.4. The molecule has 18 heteroatoms. The zero-order chi connectivity index (χ0) is 56.1. The van der Waals surface area contributed by atoms with Crippen LogP contribution in [0.1, 0.15) is 107 Å². The highest BCUT2D eigenvalue weighted by Gasteiger charge is 2.77. The lowest BCUT2D eigenvalue weighted by Crippen LogP contribution is -2.81. The molecular formula is C60H68N2O16. The molecule has 18 nitrogen and oxygen atoms in total. The van der Waals surface area contributed by atoms with Crippen LogP contribution in [0.2, 0.25) is 0 Å². The van der Waals surface area contributed by atoms with Crippen LogP contribution in [0.3, 0.4) is 0 Å². The summed E-state index contributed by atoms with van der Waals surface area (Å²) in [7, 11) is 0. The van der Waals surface area contributed by atoms with Gasteiger partial charge < -0.3 is 59.1 Å². The van der Waals surface area contributed by atoms with Crippen molar-refractivity contribution in [2.75, 3.05) is 26.4 Å². The van der Waals surface area contributed by atoms with E-state index >= 15 is 9.59 Å². The third kappa shape index (κ3) is 9.86. The summed E-state index contributed by atoms with van der Waals surface area (Å²) >= 11 is 0. The largest absolute Gasteiger partial charge is 0.455 e. The molecule has 1 heterocycles. The van der Waals surface area contributed by atoms with Crippen LogP contribution < -0.4 is 10.6 Å². The molecule has 4 aliphatic carbocycles. The first-order chi connectivity index (χ1) is 37.0. The van der Waals surface area contributed by atoms with Gasteiger partial charge in [-0.05, 0) is 92.6 Å². The Balaban J connectivity index is 1.06. The van der Waals surface area contributed by atoms with Crippen LogP contribution in [0.4, 0.5) is 9.59 Å². The van der Waals surface area contributed by atoms with Crippen LogP contribution in [0, 0.1) is 16.7 Å². The van der Waals surface area contributed by atoms with Crippen molar-refractivity contribution in [3.05, 3.63) is 143 Å². The molecule has 4 aromatic rings. The molecule has 11 atom stereocenters. The van der Waals surface area contributed by atoms with Gasteiger partial charge in [-0.15, -0.1) is 0 Å². The van der Waals surface area contributed by atoms with E-state index < -0.39 is 125 Å². The molecule has 0 radical (unpaired) electrons. The van der Waals surface area contributed by atoms with Gasteiger partial charge in [0.15, 0.2) is 5.78 Å². The van der Waals surface area contributed by atoms with Gasteiger partial charge in [0.2, 0.25) is 6.10 Å². The molecule has 2 unspecified atom stereocenters. The minimum Gasteiger partial charge on any atom is -0.455 e. The van der Waals surface area contributed by atoms with Crippen molar-refractivity contribution in [2.24, 2.45) is 16.7 Å². The SMILES string of the molecule is CCO[C@@]12CO[C@@H]1C[C@H](O)[C@@]1(C)C(=O)[C@H](O)C3=C(C)[C@@H](OC(=O)[C@H](OC(=O)CNC(=O)OCC4c5ccccc5-c5ccccc54)[C@@H](NC(=O)OC(C)(C)C)c4ccccc4)C[C@@](O)(C(OC(=O)c4ccccc4)C12)C3(C)C. The number of amides is 2.